The molecular formula is C11H14BrClFN. The minimum Gasteiger partial charge on any atom is -0.301 e. The standard InChI is InChI=1S/C11H14BrClFN/c1-8(12)6-15(2)7-9-5-10(14)3-4-11(9)13/h3-5,8H,6-7H2,1-2H3. The molecule has 0 aliphatic carbocycles. The van der Waals surface area contributed by atoms with Gasteiger partial charge in [0.2, 0.25) is 0 Å². The van der Waals surface area contributed by atoms with E-state index in [0.29, 0.717) is 16.4 Å². The Hall–Kier alpha value is -0.120. The van der Waals surface area contributed by atoms with Crippen LogP contribution in [0.4, 0.5) is 4.39 Å². The number of nitrogens with zero attached hydrogens (tertiary/aromatic N) is 1. The number of alkyl halides is 1. The third-order valence-electron chi connectivity index (χ3n) is 2.01. The second-order valence-corrected chi connectivity index (χ2v) is 5.68. The molecule has 0 aliphatic heterocycles. The summed E-state index contributed by atoms with van der Waals surface area (Å²) in [6.45, 7) is 3.63. The molecule has 0 saturated carbocycles. The highest BCUT2D eigenvalue weighted by Gasteiger charge is 2.07. The number of hydrogen-bond donors (Lipinski definition) is 0. The third kappa shape index (κ3) is 4.49. The number of hydrogen-bond acceptors (Lipinski definition) is 1. The van der Waals surface area contributed by atoms with E-state index in [1.165, 1.54) is 12.1 Å². The van der Waals surface area contributed by atoms with Crippen molar-refractivity contribution in [3.05, 3.63) is 34.6 Å². The van der Waals surface area contributed by atoms with Gasteiger partial charge < -0.3 is 4.90 Å². The maximum atomic E-state index is 13.0. The van der Waals surface area contributed by atoms with Crippen LogP contribution in [0, 0.1) is 5.82 Å². The van der Waals surface area contributed by atoms with E-state index >= 15 is 0 Å². The van der Waals surface area contributed by atoms with Crippen LogP contribution in [0.5, 0.6) is 0 Å². The molecule has 0 spiro atoms. The van der Waals surface area contributed by atoms with E-state index in [0.717, 1.165) is 12.1 Å². The van der Waals surface area contributed by atoms with E-state index < -0.39 is 0 Å². The maximum absolute atomic E-state index is 13.0. The van der Waals surface area contributed by atoms with E-state index in [9.17, 15) is 4.39 Å². The number of benzene rings is 1. The molecule has 0 amide bonds. The van der Waals surface area contributed by atoms with Gasteiger partial charge in [0.1, 0.15) is 5.82 Å². The van der Waals surface area contributed by atoms with Crippen LogP contribution in [0.15, 0.2) is 18.2 Å². The summed E-state index contributed by atoms with van der Waals surface area (Å²) in [7, 11) is 1.99. The van der Waals surface area contributed by atoms with Crippen LogP contribution in [0.3, 0.4) is 0 Å². The Kier molecular flexibility index (Phi) is 5.03. The average Bonchev–Trinajstić information content (AvgIpc) is 2.10. The molecule has 0 heterocycles. The number of halogens is 3. The van der Waals surface area contributed by atoms with Crippen molar-refractivity contribution >= 4 is 27.5 Å². The van der Waals surface area contributed by atoms with Gasteiger partial charge in [-0.15, -0.1) is 0 Å². The lowest BCUT2D eigenvalue weighted by molar-refractivity contribution is 0.332. The lowest BCUT2D eigenvalue weighted by Crippen LogP contribution is -2.24. The molecule has 4 heteroatoms. The monoisotopic (exact) mass is 293 g/mol. The lowest BCUT2D eigenvalue weighted by Gasteiger charge is -2.18. The van der Waals surface area contributed by atoms with Crippen LogP contribution in [-0.4, -0.2) is 23.3 Å². The Morgan fingerprint density at radius 1 is 1.53 bits per heavy atom. The minimum absolute atomic E-state index is 0.241. The van der Waals surface area contributed by atoms with Crippen LogP contribution >= 0.6 is 27.5 Å². The summed E-state index contributed by atoms with van der Waals surface area (Å²) < 4.78 is 13.0. The lowest BCUT2D eigenvalue weighted by atomic mass is 10.2. The van der Waals surface area contributed by atoms with Gasteiger partial charge in [-0.05, 0) is 30.8 Å². The fraction of sp³-hybridized carbons (Fsp3) is 0.455. The second-order valence-electron chi connectivity index (χ2n) is 3.71. The number of rotatable bonds is 4. The molecule has 1 nitrogen and oxygen atoms in total. The summed E-state index contributed by atoms with van der Waals surface area (Å²) in [6.07, 6.45) is 0. The average molecular weight is 295 g/mol. The van der Waals surface area contributed by atoms with Crippen LogP contribution in [0.1, 0.15) is 12.5 Å². The first-order valence-corrected chi connectivity index (χ1v) is 6.05. The van der Waals surface area contributed by atoms with E-state index in [2.05, 4.69) is 27.8 Å². The normalized spacial score (nSPS) is 13.2. The van der Waals surface area contributed by atoms with Crippen molar-refractivity contribution in [1.82, 2.24) is 4.90 Å². The van der Waals surface area contributed by atoms with Gasteiger partial charge in [-0.2, -0.15) is 0 Å². The summed E-state index contributed by atoms with van der Waals surface area (Å²) in [6, 6.07) is 4.45. The molecule has 1 rings (SSSR count). The highest BCUT2D eigenvalue weighted by molar-refractivity contribution is 9.09. The fourth-order valence-corrected chi connectivity index (χ4v) is 2.12. The zero-order chi connectivity index (χ0) is 11.4. The fourth-order valence-electron chi connectivity index (χ4n) is 1.45. The molecular weight excluding hydrogens is 280 g/mol. The highest BCUT2D eigenvalue weighted by atomic mass is 79.9. The van der Waals surface area contributed by atoms with Gasteiger partial charge in [0.25, 0.3) is 0 Å². The molecule has 1 atom stereocenters. The predicted molar refractivity (Wildman–Crippen MR) is 66.1 cm³/mol. The summed E-state index contributed by atoms with van der Waals surface area (Å²) in [5, 5.41) is 0.616. The molecule has 0 bridgehead atoms. The van der Waals surface area contributed by atoms with E-state index in [1.807, 2.05) is 7.05 Å². The first-order chi connectivity index (χ1) is 6.99. The van der Waals surface area contributed by atoms with E-state index in [4.69, 9.17) is 11.6 Å². The Morgan fingerprint density at radius 3 is 2.80 bits per heavy atom. The van der Waals surface area contributed by atoms with Crippen molar-refractivity contribution in [2.24, 2.45) is 0 Å². The summed E-state index contributed by atoms with van der Waals surface area (Å²) in [4.78, 5) is 2.51. The zero-order valence-electron chi connectivity index (χ0n) is 8.80. The molecule has 0 saturated heterocycles. The molecule has 84 valence electrons. The SMILES string of the molecule is CC(Br)CN(C)Cc1cc(F)ccc1Cl. The molecule has 1 unspecified atom stereocenters. The van der Waals surface area contributed by atoms with Crippen molar-refractivity contribution in [3.8, 4) is 0 Å². The van der Waals surface area contributed by atoms with Gasteiger partial charge in [-0.1, -0.05) is 34.5 Å². The molecule has 0 N–H and O–H groups in total. The first kappa shape index (κ1) is 12.9. The molecule has 0 radical (unpaired) electrons. The molecule has 0 aromatic heterocycles. The van der Waals surface area contributed by atoms with E-state index in [-0.39, 0.29) is 5.82 Å². The van der Waals surface area contributed by atoms with Crippen LogP contribution in [-0.2, 0) is 6.54 Å². The Morgan fingerprint density at radius 2 is 2.20 bits per heavy atom. The summed E-state index contributed by atoms with van der Waals surface area (Å²) in [5.74, 6) is -0.241. The van der Waals surface area contributed by atoms with Gasteiger partial charge in [-0.3, -0.25) is 0 Å². The molecule has 1 aromatic carbocycles. The minimum atomic E-state index is -0.241. The third-order valence-corrected chi connectivity index (χ3v) is 2.67. The van der Waals surface area contributed by atoms with Gasteiger partial charge >= 0.3 is 0 Å². The smallest absolute Gasteiger partial charge is 0.123 e. The van der Waals surface area contributed by atoms with Crippen molar-refractivity contribution in [2.45, 2.75) is 18.3 Å². The van der Waals surface area contributed by atoms with Crippen molar-refractivity contribution < 1.29 is 4.39 Å². The van der Waals surface area contributed by atoms with Gasteiger partial charge in [-0.25, -0.2) is 4.39 Å². The topological polar surface area (TPSA) is 3.24 Å². The molecule has 15 heavy (non-hydrogen) atoms. The largest absolute Gasteiger partial charge is 0.301 e. The van der Waals surface area contributed by atoms with Crippen molar-refractivity contribution in [2.75, 3.05) is 13.6 Å². The molecule has 0 fully saturated rings. The van der Waals surface area contributed by atoms with Gasteiger partial charge in [0.05, 0.1) is 0 Å². The predicted octanol–water partition coefficient (Wildman–Crippen LogP) is 3.69. The van der Waals surface area contributed by atoms with Gasteiger partial charge in [0.15, 0.2) is 0 Å². The Balaban J connectivity index is 2.67. The highest BCUT2D eigenvalue weighted by Crippen LogP contribution is 2.18. The van der Waals surface area contributed by atoms with Crippen LogP contribution in [0.25, 0.3) is 0 Å². The van der Waals surface area contributed by atoms with Crippen LogP contribution in [0.2, 0.25) is 5.02 Å². The zero-order valence-corrected chi connectivity index (χ0v) is 11.1. The summed E-state index contributed by atoms with van der Waals surface area (Å²) in [5.41, 5.74) is 0.826. The Bertz CT molecular complexity index is 330. The van der Waals surface area contributed by atoms with E-state index in [1.54, 1.807) is 6.07 Å². The van der Waals surface area contributed by atoms with Crippen LogP contribution < -0.4 is 0 Å². The molecule has 1 aromatic rings. The Labute approximate surface area is 103 Å². The van der Waals surface area contributed by atoms with Crippen molar-refractivity contribution in [1.29, 1.82) is 0 Å². The van der Waals surface area contributed by atoms with Gasteiger partial charge in [0, 0.05) is 22.9 Å². The summed E-state index contributed by atoms with van der Waals surface area (Å²) >= 11 is 9.44. The van der Waals surface area contributed by atoms with Crippen molar-refractivity contribution in [3.63, 3.8) is 0 Å². The first-order valence-electron chi connectivity index (χ1n) is 4.75. The maximum Gasteiger partial charge on any atom is 0.123 e. The second kappa shape index (κ2) is 5.83. The molecule has 0 aliphatic rings. The quantitative estimate of drug-likeness (QED) is 0.766.